The number of rotatable bonds is 3. The lowest BCUT2D eigenvalue weighted by Gasteiger charge is -2.40. The van der Waals surface area contributed by atoms with E-state index in [0.717, 1.165) is 26.1 Å². The van der Waals surface area contributed by atoms with Gasteiger partial charge in [-0.2, -0.15) is 0 Å². The van der Waals surface area contributed by atoms with Gasteiger partial charge in [-0.1, -0.05) is 23.8 Å². The highest BCUT2D eigenvalue weighted by atomic mass is 16.5. The number of pyridine rings is 1. The topological polar surface area (TPSA) is 25.4 Å². The molecule has 1 aliphatic carbocycles. The maximum absolute atomic E-state index is 5.82. The zero-order chi connectivity index (χ0) is 16.6. The second kappa shape index (κ2) is 6.30. The van der Waals surface area contributed by atoms with Gasteiger partial charge >= 0.3 is 0 Å². The van der Waals surface area contributed by atoms with Gasteiger partial charge in [0.1, 0.15) is 0 Å². The van der Waals surface area contributed by atoms with Crippen LogP contribution in [0.15, 0.2) is 42.7 Å². The molecular weight excluding hydrogens is 296 g/mol. The van der Waals surface area contributed by atoms with E-state index in [0.29, 0.717) is 5.41 Å². The first-order chi connectivity index (χ1) is 11.7. The molecule has 1 aromatic heterocycles. The molecule has 0 radical (unpaired) electrons. The highest BCUT2D eigenvalue weighted by molar-refractivity contribution is 5.44. The largest absolute Gasteiger partial charge is 0.377 e. The number of hydrogen-bond acceptors (Lipinski definition) is 3. The molecule has 24 heavy (non-hydrogen) atoms. The smallest absolute Gasteiger partial charge is 0.0832 e. The number of nitrogens with zero attached hydrogens (tertiary/aromatic N) is 2. The van der Waals surface area contributed by atoms with E-state index in [1.54, 1.807) is 5.56 Å². The summed E-state index contributed by atoms with van der Waals surface area (Å²) >= 11 is 0. The number of piperidine rings is 1. The van der Waals surface area contributed by atoms with E-state index < -0.39 is 0 Å². The van der Waals surface area contributed by atoms with Crippen LogP contribution >= 0.6 is 0 Å². The van der Waals surface area contributed by atoms with Crippen LogP contribution in [0, 0.1) is 6.92 Å². The summed E-state index contributed by atoms with van der Waals surface area (Å²) in [5.74, 6) is 0. The SMILES string of the molecule is CO[C@@H]1CC2(CCN(Cc3ccncc3)CC2)c2ccc(C)cc21. The van der Waals surface area contributed by atoms with E-state index in [2.05, 4.69) is 47.1 Å². The summed E-state index contributed by atoms with van der Waals surface area (Å²) in [4.78, 5) is 6.69. The van der Waals surface area contributed by atoms with Crippen LogP contribution in [0.2, 0.25) is 0 Å². The quantitative estimate of drug-likeness (QED) is 0.853. The van der Waals surface area contributed by atoms with Crippen LogP contribution in [-0.4, -0.2) is 30.1 Å². The van der Waals surface area contributed by atoms with Gasteiger partial charge in [-0.15, -0.1) is 0 Å². The maximum Gasteiger partial charge on any atom is 0.0832 e. The first kappa shape index (κ1) is 15.8. The molecule has 0 bridgehead atoms. The van der Waals surface area contributed by atoms with E-state index in [1.807, 2.05) is 19.5 Å². The monoisotopic (exact) mass is 322 g/mol. The third-order valence-electron chi connectivity index (χ3n) is 5.95. The Morgan fingerprint density at radius 2 is 1.92 bits per heavy atom. The molecule has 2 aliphatic rings. The molecular formula is C21H26N2O. The zero-order valence-corrected chi connectivity index (χ0v) is 14.7. The van der Waals surface area contributed by atoms with Crippen molar-refractivity contribution in [1.29, 1.82) is 0 Å². The molecule has 0 unspecified atom stereocenters. The Morgan fingerprint density at radius 1 is 1.17 bits per heavy atom. The molecule has 1 saturated heterocycles. The van der Waals surface area contributed by atoms with Crippen molar-refractivity contribution in [2.24, 2.45) is 0 Å². The Labute approximate surface area is 144 Å². The number of benzene rings is 1. The lowest BCUT2D eigenvalue weighted by molar-refractivity contribution is 0.0687. The molecule has 3 nitrogen and oxygen atoms in total. The minimum Gasteiger partial charge on any atom is -0.377 e. The van der Waals surface area contributed by atoms with Crippen molar-refractivity contribution in [2.45, 2.75) is 44.2 Å². The molecule has 0 amide bonds. The van der Waals surface area contributed by atoms with E-state index in [9.17, 15) is 0 Å². The summed E-state index contributed by atoms with van der Waals surface area (Å²) in [6, 6.07) is 11.2. The van der Waals surface area contributed by atoms with Gasteiger partial charge in [0.15, 0.2) is 0 Å². The fraction of sp³-hybridized carbons (Fsp3) is 0.476. The van der Waals surface area contributed by atoms with Gasteiger partial charge in [0.05, 0.1) is 6.10 Å². The summed E-state index contributed by atoms with van der Waals surface area (Å²) in [7, 11) is 1.86. The second-order valence-corrected chi connectivity index (χ2v) is 7.43. The second-order valence-electron chi connectivity index (χ2n) is 7.43. The zero-order valence-electron chi connectivity index (χ0n) is 14.7. The van der Waals surface area contributed by atoms with Crippen molar-refractivity contribution in [1.82, 2.24) is 9.88 Å². The van der Waals surface area contributed by atoms with Crippen molar-refractivity contribution in [3.05, 3.63) is 65.0 Å². The van der Waals surface area contributed by atoms with E-state index in [1.165, 1.54) is 29.5 Å². The molecule has 1 fully saturated rings. The fourth-order valence-corrected chi connectivity index (χ4v) is 4.58. The van der Waals surface area contributed by atoms with Crippen LogP contribution in [0.4, 0.5) is 0 Å². The number of hydrogen-bond donors (Lipinski definition) is 0. The van der Waals surface area contributed by atoms with Crippen molar-refractivity contribution in [3.63, 3.8) is 0 Å². The fourth-order valence-electron chi connectivity index (χ4n) is 4.58. The first-order valence-corrected chi connectivity index (χ1v) is 8.95. The molecule has 0 saturated carbocycles. The third kappa shape index (κ3) is 2.76. The number of likely N-dealkylation sites (tertiary alicyclic amines) is 1. The Balaban J connectivity index is 1.51. The van der Waals surface area contributed by atoms with Gasteiger partial charge in [0.25, 0.3) is 0 Å². The molecule has 126 valence electrons. The highest BCUT2D eigenvalue weighted by Crippen LogP contribution is 2.52. The maximum atomic E-state index is 5.82. The van der Waals surface area contributed by atoms with Gasteiger partial charge < -0.3 is 4.74 Å². The average molecular weight is 322 g/mol. The van der Waals surface area contributed by atoms with Gasteiger partial charge in [0, 0.05) is 31.5 Å². The molecule has 2 heterocycles. The standard InChI is InChI=1S/C21H26N2O/c1-16-3-4-19-18(13-16)20(24-2)14-21(19)7-11-23(12-8-21)15-17-5-9-22-10-6-17/h3-6,9-10,13,20H,7-8,11-12,14-15H2,1-2H3/t20-/m1/s1. The molecule has 4 rings (SSSR count). The lowest BCUT2D eigenvalue weighted by Crippen LogP contribution is -2.41. The number of aryl methyl sites for hydroxylation is 1. The average Bonchev–Trinajstić information content (AvgIpc) is 2.91. The number of ether oxygens (including phenoxy) is 1. The van der Waals surface area contributed by atoms with Crippen molar-refractivity contribution in [2.75, 3.05) is 20.2 Å². The van der Waals surface area contributed by atoms with Gasteiger partial charge in [-0.3, -0.25) is 9.88 Å². The van der Waals surface area contributed by atoms with Crippen LogP contribution in [0.5, 0.6) is 0 Å². The minimum atomic E-state index is 0.270. The summed E-state index contributed by atoms with van der Waals surface area (Å²) in [6.45, 7) is 5.53. The van der Waals surface area contributed by atoms with Gasteiger partial charge in [-0.25, -0.2) is 0 Å². The molecule has 1 aliphatic heterocycles. The predicted molar refractivity (Wildman–Crippen MR) is 96.0 cm³/mol. The number of aromatic nitrogens is 1. The van der Waals surface area contributed by atoms with E-state index >= 15 is 0 Å². The van der Waals surface area contributed by atoms with Gasteiger partial charge in [0.2, 0.25) is 0 Å². The lowest BCUT2D eigenvalue weighted by atomic mass is 9.73. The van der Waals surface area contributed by atoms with Crippen molar-refractivity contribution >= 4 is 0 Å². The molecule has 3 heteroatoms. The summed E-state index contributed by atoms with van der Waals surface area (Å²) < 4.78 is 5.82. The number of methoxy groups -OCH3 is 1. The first-order valence-electron chi connectivity index (χ1n) is 8.95. The summed E-state index contributed by atoms with van der Waals surface area (Å²) in [5.41, 5.74) is 5.99. The van der Waals surface area contributed by atoms with E-state index in [4.69, 9.17) is 4.74 Å². The summed E-state index contributed by atoms with van der Waals surface area (Å²) in [6.07, 6.45) is 7.65. The number of fused-ring (bicyclic) bond motifs is 2. The Kier molecular flexibility index (Phi) is 4.15. The van der Waals surface area contributed by atoms with Crippen LogP contribution in [0.25, 0.3) is 0 Å². The van der Waals surface area contributed by atoms with E-state index in [-0.39, 0.29) is 6.10 Å². The Morgan fingerprint density at radius 3 is 2.62 bits per heavy atom. The molecule has 2 aromatic rings. The highest BCUT2D eigenvalue weighted by Gasteiger charge is 2.45. The van der Waals surface area contributed by atoms with Crippen LogP contribution in [-0.2, 0) is 16.7 Å². The van der Waals surface area contributed by atoms with Crippen LogP contribution in [0.3, 0.4) is 0 Å². The summed E-state index contributed by atoms with van der Waals surface area (Å²) in [5, 5.41) is 0. The van der Waals surface area contributed by atoms with Crippen molar-refractivity contribution < 1.29 is 4.74 Å². The Bertz CT molecular complexity index is 705. The predicted octanol–water partition coefficient (Wildman–Crippen LogP) is 4.02. The normalized spacial score (nSPS) is 22.7. The minimum absolute atomic E-state index is 0.270. The Hall–Kier alpha value is -1.71. The third-order valence-corrected chi connectivity index (χ3v) is 5.95. The van der Waals surface area contributed by atoms with Crippen molar-refractivity contribution in [3.8, 4) is 0 Å². The van der Waals surface area contributed by atoms with Gasteiger partial charge in [-0.05, 0) is 68.1 Å². The van der Waals surface area contributed by atoms with Crippen LogP contribution < -0.4 is 0 Å². The molecule has 1 atom stereocenters. The van der Waals surface area contributed by atoms with Crippen LogP contribution in [0.1, 0.15) is 47.6 Å². The molecule has 0 N–H and O–H groups in total. The molecule has 1 aromatic carbocycles. The molecule has 1 spiro atoms.